The maximum absolute atomic E-state index is 11.9. The number of hydrogen-bond acceptors (Lipinski definition) is 6. The molecule has 0 fully saturated rings. The minimum Gasteiger partial charge on any atom is -0.468 e. The highest BCUT2D eigenvalue weighted by Crippen LogP contribution is 2.18. The summed E-state index contributed by atoms with van der Waals surface area (Å²) in [7, 11) is 3.88. The van der Waals surface area contributed by atoms with Crippen molar-refractivity contribution >= 4 is 22.5 Å². The molecule has 0 spiro atoms. The average Bonchev–Trinajstić information content (AvgIpc) is 3.11. The zero-order valence-electron chi connectivity index (χ0n) is 13.0. The number of aryl methyl sites for hydroxylation is 1. The van der Waals surface area contributed by atoms with Crippen LogP contribution in [0.4, 0.5) is 9.93 Å². The van der Waals surface area contributed by atoms with E-state index in [0.717, 1.165) is 23.6 Å². The number of urea groups is 1. The van der Waals surface area contributed by atoms with Gasteiger partial charge in [0.2, 0.25) is 5.13 Å². The van der Waals surface area contributed by atoms with Crippen molar-refractivity contribution in [3.05, 3.63) is 29.2 Å². The lowest BCUT2D eigenvalue weighted by molar-refractivity contribution is 0.233. The van der Waals surface area contributed by atoms with Gasteiger partial charge in [-0.25, -0.2) is 4.79 Å². The van der Waals surface area contributed by atoms with Gasteiger partial charge in [-0.2, -0.15) is 0 Å². The summed E-state index contributed by atoms with van der Waals surface area (Å²) >= 11 is 1.40. The zero-order chi connectivity index (χ0) is 15.9. The lowest BCUT2D eigenvalue weighted by atomic mass is 10.2. The number of nitrogens with one attached hydrogen (secondary N) is 2. The van der Waals surface area contributed by atoms with Gasteiger partial charge >= 0.3 is 6.03 Å². The van der Waals surface area contributed by atoms with Crippen molar-refractivity contribution in [3.63, 3.8) is 0 Å². The fraction of sp³-hybridized carbons (Fsp3) is 0.500. The number of aromatic nitrogens is 2. The Labute approximate surface area is 133 Å². The molecule has 0 unspecified atom stereocenters. The molecule has 2 heterocycles. The first kappa shape index (κ1) is 16.4. The number of carbonyl (C=O) groups is 1. The van der Waals surface area contributed by atoms with E-state index in [9.17, 15) is 4.79 Å². The summed E-state index contributed by atoms with van der Waals surface area (Å²) in [6.45, 7) is 2.52. The van der Waals surface area contributed by atoms with E-state index in [1.54, 1.807) is 6.26 Å². The van der Waals surface area contributed by atoms with Gasteiger partial charge in [0, 0.05) is 13.0 Å². The number of amides is 2. The molecule has 2 rings (SSSR count). The summed E-state index contributed by atoms with van der Waals surface area (Å²) < 4.78 is 5.40. The van der Waals surface area contributed by atoms with E-state index in [1.165, 1.54) is 11.3 Å². The van der Waals surface area contributed by atoms with Crippen LogP contribution in [0, 0.1) is 0 Å². The molecule has 0 radical (unpaired) electrons. The van der Waals surface area contributed by atoms with Crippen LogP contribution in [0.15, 0.2) is 22.8 Å². The quantitative estimate of drug-likeness (QED) is 0.818. The maximum Gasteiger partial charge on any atom is 0.321 e. The third-order valence-corrected chi connectivity index (χ3v) is 4.00. The van der Waals surface area contributed by atoms with Gasteiger partial charge in [-0.05, 0) is 32.6 Å². The van der Waals surface area contributed by atoms with Crippen molar-refractivity contribution in [1.82, 2.24) is 20.4 Å². The normalized spacial score (nSPS) is 12.4. The Balaban J connectivity index is 1.85. The molecular weight excluding hydrogens is 302 g/mol. The van der Waals surface area contributed by atoms with Crippen molar-refractivity contribution in [1.29, 1.82) is 0 Å². The second kappa shape index (κ2) is 7.90. The molecule has 1 atom stereocenters. The first-order chi connectivity index (χ1) is 10.6. The minimum absolute atomic E-state index is 0.0224. The molecule has 0 aromatic carbocycles. The largest absolute Gasteiger partial charge is 0.468 e. The highest BCUT2D eigenvalue weighted by Gasteiger charge is 2.18. The summed E-state index contributed by atoms with van der Waals surface area (Å²) in [4.78, 5) is 13.9. The monoisotopic (exact) mass is 323 g/mol. The molecular formula is C14H21N5O2S. The summed E-state index contributed by atoms with van der Waals surface area (Å²) in [6, 6.07) is 3.41. The van der Waals surface area contributed by atoms with Crippen molar-refractivity contribution in [2.75, 3.05) is 26.0 Å². The summed E-state index contributed by atoms with van der Waals surface area (Å²) in [5, 5.41) is 15.0. The number of likely N-dealkylation sites (N-methyl/N-ethyl adjacent to an activating group) is 1. The Bertz CT molecular complexity index is 582. The molecule has 0 aliphatic rings. The van der Waals surface area contributed by atoms with Crippen LogP contribution in [0.3, 0.4) is 0 Å². The standard InChI is InChI=1S/C14H21N5O2S/c1-4-6-12-17-18-14(22-12)16-13(20)15-9-10(19(2)3)11-7-5-8-21-11/h5,7-8,10H,4,6,9H2,1-3H3,(H2,15,16,18,20)/t10-/m0/s1. The van der Waals surface area contributed by atoms with Crippen molar-refractivity contribution in [3.8, 4) is 0 Å². The van der Waals surface area contributed by atoms with Crippen LogP contribution in [0.25, 0.3) is 0 Å². The van der Waals surface area contributed by atoms with E-state index < -0.39 is 0 Å². The predicted molar refractivity (Wildman–Crippen MR) is 86.1 cm³/mol. The van der Waals surface area contributed by atoms with Crippen molar-refractivity contribution in [2.45, 2.75) is 25.8 Å². The Kier molecular flexibility index (Phi) is 5.91. The predicted octanol–water partition coefficient (Wildman–Crippen LogP) is 2.51. The number of nitrogens with zero attached hydrogens (tertiary/aromatic N) is 3. The van der Waals surface area contributed by atoms with Crippen LogP contribution in [0.5, 0.6) is 0 Å². The molecule has 22 heavy (non-hydrogen) atoms. The lowest BCUT2D eigenvalue weighted by Gasteiger charge is -2.22. The molecule has 0 saturated carbocycles. The Morgan fingerprint density at radius 3 is 2.91 bits per heavy atom. The summed E-state index contributed by atoms with van der Waals surface area (Å²) in [5.74, 6) is 0.812. The second-order valence-corrected chi connectivity index (χ2v) is 6.14. The van der Waals surface area contributed by atoms with Crippen LogP contribution in [-0.2, 0) is 6.42 Å². The number of hydrogen-bond donors (Lipinski definition) is 2. The fourth-order valence-electron chi connectivity index (χ4n) is 1.97. The minimum atomic E-state index is -0.294. The van der Waals surface area contributed by atoms with Gasteiger partial charge in [0.1, 0.15) is 10.8 Å². The van der Waals surface area contributed by atoms with Crippen molar-refractivity contribution < 1.29 is 9.21 Å². The van der Waals surface area contributed by atoms with Gasteiger partial charge in [0.15, 0.2) is 0 Å². The zero-order valence-corrected chi connectivity index (χ0v) is 13.8. The molecule has 0 aliphatic carbocycles. The number of anilines is 1. The molecule has 8 heteroatoms. The van der Waals surface area contributed by atoms with Gasteiger partial charge in [0.25, 0.3) is 0 Å². The van der Waals surface area contributed by atoms with Crippen molar-refractivity contribution in [2.24, 2.45) is 0 Å². The topological polar surface area (TPSA) is 83.3 Å². The maximum atomic E-state index is 11.9. The van der Waals surface area contributed by atoms with Crippen LogP contribution in [-0.4, -0.2) is 41.8 Å². The van der Waals surface area contributed by atoms with Crippen LogP contribution in [0.2, 0.25) is 0 Å². The van der Waals surface area contributed by atoms with E-state index in [0.29, 0.717) is 11.7 Å². The smallest absolute Gasteiger partial charge is 0.321 e. The van der Waals surface area contributed by atoms with E-state index in [4.69, 9.17) is 4.42 Å². The molecule has 0 aliphatic heterocycles. The molecule has 7 nitrogen and oxygen atoms in total. The number of rotatable bonds is 7. The molecule has 2 aromatic rings. The van der Waals surface area contributed by atoms with E-state index in [1.807, 2.05) is 31.1 Å². The lowest BCUT2D eigenvalue weighted by Crippen LogP contribution is -2.36. The highest BCUT2D eigenvalue weighted by atomic mass is 32.1. The number of carbonyl (C=O) groups excluding carboxylic acids is 1. The molecule has 0 bridgehead atoms. The number of furan rings is 1. The van der Waals surface area contributed by atoms with Crippen LogP contribution in [0.1, 0.15) is 30.2 Å². The average molecular weight is 323 g/mol. The fourth-order valence-corrected chi connectivity index (χ4v) is 2.80. The summed E-state index contributed by atoms with van der Waals surface area (Å²) in [6.07, 6.45) is 3.51. The second-order valence-electron chi connectivity index (χ2n) is 5.08. The van der Waals surface area contributed by atoms with Crippen LogP contribution < -0.4 is 10.6 Å². The highest BCUT2D eigenvalue weighted by molar-refractivity contribution is 7.15. The Morgan fingerprint density at radius 2 is 2.27 bits per heavy atom. The van der Waals surface area contributed by atoms with Gasteiger partial charge in [0.05, 0.1) is 12.3 Å². The molecule has 2 aromatic heterocycles. The van der Waals surface area contributed by atoms with Crippen LogP contribution >= 0.6 is 11.3 Å². The molecule has 2 N–H and O–H groups in total. The van der Waals surface area contributed by atoms with Gasteiger partial charge in [-0.1, -0.05) is 18.3 Å². The first-order valence-corrected chi connectivity index (χ1v) is 7.99. The Hall–Kier alpha value is -1.93. The summed E-state index contributed by atoms with van der Waals surface area (Å²) in [5.41, 5.74) is 0. The van der Waals surface area contributed by atoms with Gasteiger partial charge in [-0.3, -0.25) is 10.2 Å². The Morgan fingerprint density at radius 1 is 1.45 bits per heavy atom. The molecule has 2 amide bonds. The third-order valence-electron chi connectivity index (χ3n) is 3.10. The van der Waals surface area contributed by atoms with Gasteiger partial charge < -0.3 is 9.73 Å². The SMILES string of the molecule is CCCc1nnc(NC(=O)NC[C@@H](c2ccco2)N(C)C)s1. The molecule has 0 saturated heterocycles. The third kappa shape index (κ3) is 4.54. The van der Waals surface area contributed by atoms with E-state index in [-0.39, 0.29) is 12.1 Å². The van der Waals surface area contributed by atoms with Gasteiger partial charge in [-0.15, -0.1) is 10.2 Å². The molecule has 120 valence electrons. The van der Waals surface area contributed by atoms with E-state index >= 15 is 0 Å². The van der Waals surface area contributed by atoms with E-state index in [2.05, 4.69) is 27.8 Å². The first-order valence-electron chi connectivity index (χ1n) is 7.17.